The summed E-state index contributed by atoms with van der Waals surface area (Å²) in [6, 6.07) is 7.09. The van der Waals surface area contributed by atoms with Crippen molar-refractivity contribution in [3.63, 3.8) is 0 Å². The van der Waals surface area contributed by atoms with Crippen molar-refractivity contribution in [3.8, 4) is 5.75 Å². The van der Waals surface area contributed by atoms with Crippen molar-refractivity contribution < 1.29 is 14.3 Å². The van der Waals surface area contributed by atoms with Gasteiger partial charge < -0.3 is 15.0 Å². The lowest BCUT2D eigenvalue weighted by molar-refractivity contribution is -0.144. The van der Waals surface area contributed by atoms with Gasteiger partial charge in [0.25, 0.3) is 5.91 Å². The SMILES string of the molecule is COc1ccc(CN2C(=O)/C(=C/C(C)C)NC(=O)[C@@H]2C(C)C)cc1. The van der Waals surface area contributed by atoms with Crippen LogP contribution in [-0.4, -0.2) is 29.9 Å². The molecular formula is C19H26N2O3. The number of benzene rings is 1. The van der Waals surface area contributed by atoms with E-state index in [2.05, 4.69) is 5.32 Å². The Hall–Kier alpha value is -2.30. The summed E-state index contributed by atoms with van der Waals surface area (Å²) in [5.74, 6) is 0.737. The monoisotopic (exact) mass is 330 g/mol. The lowest BCUT2D eigenvalue weighted by atomic mass is 9.97. The van der Waals surface area contributed by atoms with Gasteiger partial charge in [0.05, 0.1) is 7.11 Å². The smallest absolute Gasteiger partial charge is 0.271 e. The highest BCUT2D eigenvalue weighted by molar-refractivity contribution is 6.04. The minimum atomic E-state index is -0.469. The van der Waals surface area contributed by atoms with Gasteiger partial charge in [-0.25, -0.2) is 0 Å². The van der Waals surface area contributed by atoms with Gasteiger partial charge in [0, 0.05) is 6.54 Å². The van der Waals surface area contributed by atoms with Crippen LogP contribution in [0.2, 0.25) is 0 Å². The molecule has 0 aromatic heterocycles. The molecule has 0 saturated carbocycles. The topological polar surface area (TPSA) is 58.6 Å². The van der Waals surface area contributed by atoms with Crippen LogP contribution in [0.4, 0.5) is 0 Å². The van der Waals surface area contributed by atoms with Crippen LogP contribution < -0.4 is 10.1 Å². The highest BCUT2D eigenvalue weighted by Crippen LogP contribution is 2.23. The average Bonchev–Trinajstić information content (AvgIpc) is 2.51. The maximum absolute atomic E-state index is 12.9. The Kier molecular flexibility index (Phi) is 5.65. The van der Waals surface area contributed by atoms with Crippen molar-refractivity contribution in [2.24, 2.45) is 11.8 Å². The molecule has 1 aromatic carbocycles. The number of hydrogen-bond donors (Lipinski definition) is 1. The molecule has 1 atom stereocenters. The Labute approximate surface area is 143 Å². The van der Waals surface area contributed by atoms with Crippen LogP contribution >= 0.6 is 0 Å². The van der Waals surface area contributed by atoms with E-state index in [-0.39, 0.29) is 23.7 Å². The van der Waals surface area contributed by atoms with Crippen molar-refractivity contribution in [3.05, 3.63) is 41.6 Å². The summed E-state index contributed by atoms with van der Waals surface area (Å²) >= 11 is 0. The lowest BCUT2D eigenvalue weighted by Crippen LogP contribution is -2.58. The number of carbonyl (C=O) groups excluding carboxylic acids is 2. The van der Waals surface area contributed by atoms with E-state index in [1.165, 1.54) is 0 Å². The third-order valence-corrected chi connectivity index (χ3v) is 4.00. The van der Waals surface area contributed by atoms with Gasteiger partial charge in [0.2, 0.25) is 5.91 Å². The third kappa shape index (κ3) is 3.96. The molecule has 1 aliphatic heterocycles. The molecule has 0 unspecified atom stereocenters. The maximum atomic E-state index is 12.9. The Morgan fingerprint density at radius 1 is 1.17 bits per heavy atom. The summed E-state index contributed by atoms with van der Waals surface area (Å²) in [6.45, 7) is 8.27. The first-order valence-electron chi connectivity index (χ1n) is 8.30. The van der Waals surface area contributed by atoms with Crippen LogP contribution in [0.15, 0.2) is 36.0 Å². The minimum absolute atomic E-state index is 0.0350. The molecule has 0 bridgehead atoms. The number of nitrogens with one attached hydrogen (secondary N) is 1. The zero-order valence-electron chi connectivity index (χ0n) is 15.0. The predicted molar refractivity (Wildman–Crippen MR) is 93.2 cm³/mol. The summed E-state index contributed by atoms with van der Waals surface area (Å²) in [5.41, 5.74) is 1.34. The summed E-state index contributed by atoms with van der Waals surface area (Å²) in [7, 11) is 1.62. The van der Waals surface area contributed by atoms with Gasteiger partial charge in [-0.3, -0.25) is 9.59 Å². The van der Waals surface area contributed by atoms with Gasteiger partial charge >= 0.3 is 0 Å². The summed E-state index contributed by atoms with van der Waals surface area (Å²) in [4.78, 5) is 27.0. The van der Waals surface area contributed by atoms with Crippen LogP contribution in [0, 0.1) is 11.8 Å². The van der Waals surface area contributed by atoms with Crippen LogP contribution in [0.25, 0.3) is 0 Å². The Morgan fingerprint density at radius 2 is 1.79 bits per heavy atom. The highest BCUT2D eigenvalue weighted by Gasteiger charge is 2.39. The van der Waals surface area contributed by atoms with Gasteiger partial charge in [-0.15, -0.1) is 0 Å². The van der Waals surface area contributed by atoms with Gasteiger partial charge in [0.1, 0.15) is 17.5 Å². The number of hydrogen-bond acceptors (Lipinski definition) is 3. The summed E-state index contributed by atoms with van der Waals surface area (Å²) < 4.78 is 5.16. The van der Waals surface area contributed by atoms with Crippen molar-refractivity contribution in [2.45, 2.75) is 40.3 Å². The number of allylic oxidation sites excluding steroid dienone is 1. The molecule has 5 nitrogen and oxygen atoms in total. The summed E-state index contributed by atoms with van der Waals surface area (Å²) in [6.07, 6.45) is 1.80. The van der Waals surface area contributed by atoms with E-state index < -0.39 is 6.04 Å². The molecule has 1 saturated heterocycles. The number of carbonyl (C=O) groups is 2. The van der Waals surface area contributed by atoms with Crippen LogP contribution in [-0.2, 0) is 16.1 Å². The first-order valence-corrected chi connectivity index (χ1v) is 8.30. The number of rotatable bonds is 5. The molecule has 5 heteroatoms. The first-order chi connectivity index (χ1) is 11.3. The van der Waals surface area contributed by atoms with E-state index in [4.69, 9.17) is 4.74 Å². The number of methoxy groups -OCH3 is 1. The van der Waals surface area contributed by atoms with Crippen LogP contribution in [0.5, 0.6) is 5.75 Å². The van der Waals surface area contributed by atoms with Crippen molar-refractivity contribution >= 4 is 11.8 Å². The highest BCUT2D eigenvalue weighted by atomic mass is 16.5. The molecule has 1 N–H and O–H groups in total. The van der Waals surface area contributed by atoms with Gasteiger partial charge in [-0.1, -0.05) is 45.9 Å². The molecule has 1 fully saturated rings. The largest absolute Gasteiger partial charge is 0.497 e. The molecule has 130 valence electrons. The van der Waals surface area contributed by atoms with Crippen molar-refractivity contribution in [1.82, 2.24) is 10.2 Å². The predicted octanol–water partition coefficient (Wildman–Crippen LogP) is 2.72. The van der Waals surface area contributed by atoms with Crippen LogP contribution in [0.3, 0.4) is 0 Å². The lowest BCUT2D eigenvalue weighted by Gasteiger charge is -2.38. The number of nitrogens with zero attached hydrogens (tertiary/aromatic N) is 1. The summed E-state index contributed by atoms with van der Waals surface area (Å²) in [5, 5.41) is 2.77. The van der Waals surface area contributed by atoms with E-state index in [0.717, 1.165) is 11.3 Å². The Balaban J connectivity index is 2.32. The molecular weight excluding hydrogens is 304 g/mol. The van der Waals surface area contributed by atoms with E-state index in [9.17, 15) is 9.59 Å². The molecule has 2 rings (SSSR count). The molecule has 24 heavy (non-hydrogen) atoms. The van der Waals surface area contributed by atoms with E-state index in [0.29, 0.717) is 12.2 Å². The molecule has 1 aromatic rings. The fourth-order valence-electron chi connectivity index (χ4n) is 2.89. The maximum Gasteiger partial charge on any atom is 0.271 e. The fourth-order valence-corrected chi connectivity index (χ4v) is 2.89. The average molecular weight is 330 g/mol. The second-order valence-electron chi connectivity index (χ2n) is 6.78. The minimum Gasteiger partial charge on any atom is -0.497 e. The van der Waals surface area contributed by atoms with Crippen LogP contribution in [0.1, 0.15) is 33.3 Å². The second kappa shape index (κ2) is 7.51. The normalized spacial score (nSPS) is 20.0. The number of ether oxygens (including phenoxy) is 1. The standard InChI is InChI=1S/C19H26N2O3/c1-12(2)10-16-19(23)21(17(13(3)4)18(22)20-16)11-14-6-8-15(24-5)9-7-14/h6-10,12-13,17H,11H2,1-5H3,(H,20,22)/b16-10-/t17-/m0/s1. The molecule has 1 heterocycles. The zero-order chi connectivity index (χ0) is 17.9. The third-order valence-electron chi connectivity index (χ3n) is 4.00. The van der Waals surface area contributed by atoms with Crippen molar-refractivity contribution in [1.29, 1.82) is 0 Å². The van der Waals surface area contributed by atoms with Gasteiger partial charge in [-0.2, -0.15) is 0 Å². The number of amides is 2. The molecule has 0 aliphatic carbocycles. The molecule has 2 amide bonds. The Bertz CT molecular complexity index is 633. The molecule has 1 aliphatic rings. The zero-order valence-corrected chi connectivity index (χ0v) is 15.0. The quantitative estimate of drug-likeness (QED) is 0.845. The molecule has 0 radical (unpaired) electrons. The molecule has 0 spiro atoms. The van der Waals surface area contributed by atoms with E-state index in [1.54, 1.807) is 18.1 Å². The van der Waals surface area contributed by atoms with E-state index >= 15 is 0 Å². The van der Waals surface area contributed by atoms with Gasteiger partial charge in [0.15, 0.2) is 0 Å². The Morgan fingerprint density at radius 3 is 2.29 bits per heavy atom. The van der Waals surface area contributed by atoms with Crippen molar-refractivity contribution in [2.75, 3.05) is 7.11 Å². The number of piperazine rings is 1. The van der Waals surface area contributed by atoms with Gasteiger partial charge in [-0.05, 0) is 29.5 Å². The fraction of sp³-hybridized carbons (Fsp3) is 0.474. The van der Waals surface area contributed by atoms with E-state index in [1.807, 2.05) is 52.0 Å². The second-order valence-corrected chi connectivity index (χ2v) is 6.78. The first kappa shape index (κ1) is 18.0.